The molecule has 3 rings (SSSR count). The highest BCUT2D eigenvalue weighted by Gasteiger charge is 2.25. The summed E-state index contributed by atoms with van der Waals surface area (Å²) < 4.78 is 7.25. The number of aryl methyl sites for hydroxylation is 1. The second-order valence-corrected chi connectivity index (χ2v) is 6.99. The summed E-state index contributed by atoms with van der Waals surface area (Å²) in [6.07, 6.45) is 2.94. The first kappa shape index (κ1) is 20.2. The number of rotatable bonds is 5. The Labute approximate surface area is 170 Å². The van der Waals surface area contributed by atoms with Crippen LogP contribution >= 0.6 is 0 Å². The van der Waals surface area contributed by atoms with Gasteiger partial charge in [0.05, 0.1) is 7.11 Å². The molecule has 7 heteroatoms. The van der Waals surface area contributed by atoms with Crippen LogP contribution in [-0.2, 0) is 9.59 Å². The van der Waals surface area contributed by atoms with E-state index >= 15 is 0 Å². The second-order valence-electron chi connectivity index (χ2n) is 6.99. The highest BCUT2D eigenvalue weighted by molar-refractivity contribution is 6.03. The van der Waals surface area contributed by atoms with Crippen LogP contribution in [0.25, 0.3) is 11.8 Å². The molecule has 29 heavy (non-hydrogen) atoms. The third-order valence-corrected chi connectivity index (χ3v) is 5.06. The molecular formula is C22H24N4O3. The molecule has 1 aliphatic rings. The molecule has 0 bridgehead atoms. The molecule has 1 saturated heterocycles. The molecule has 2 N–H and O–H groups in total. The molecule has 2 aromatic rings. The lowest BCUT2D eigenvalue weighted by Gasteiger charge is -2.22. The first-order valence-electron chi connectivity index (χ1n) is 9.48. The van der Waals surface area contributed by atoms with Gasteiger partial charge in [0.25, 0.3) is 5.91 Å². The molecule has 1 aromatic heterocycles. The summed E-state index contributed by atoms with van der Waals surface area (Å²) in [5.74, 6) is 0.0230. The van der Waals surface area contributed by atoms with E-state index in [0.29, 0.717) is 13.0 Å². The number of carbonyl (C=O) groups excluding carboxylic acids is 2. The number of carbonyl (C=O) groups is 2. The molecule has 2 amide bonds. The molecular weight excluding hydrogens is 368 g/mol. The zero-order valence-electron chi connectivity index (χ0n) is 16.8. The number of nitrogens with one attached hydrogen (secondary N) is 2. The van der Waals surface area contributed by atoms with Gasteiger partial charge >= 0.3 is 0 Å². The molecule has 1 unspecified atom stereocenters. The Bertz CT molecular complexity index is 996. The molecule has 0 spiro atoms. The van der Waals surface area contributed by atoms with Crippen molar-refractivity contribution < 1.29 is 14.3 Å². The van der Waals surface area contributed by atoms with Gasteiger partial charge in [-0.05, 0) is 68.7 Å². The molecule has 0 saturated carbocycles. The SMILES string of the molecule is COc1ccc(-n2c(C)cc(/C=C(/C#N)C(=O)NC3CCCNC3=O)c2C)cc1. The first-order chi connectivity index (χ1) is 13.9. The van der Waals surface area contributed by atoms with Crippen molar-refractivity contribution in [1.82, 2.24) is 15.2 Å². The molecule has 1 fully saturated rings. The van der Waals surface area contributed by atoms with Crippen molar-refractivity contribution in [3.05, 3.63) is 52.9 Å². The predicted molar refractivity (Wildman–Crippen MR) is 110 cm³/mol. The minimum atomic E-state index is -0.597. The monoisotopic (exact) mass is 392 g/mol. The van der Waals surface area contributed by atoms with Gasteiger partial charge in [-0.15, -0.1) is 0 Å². The maximum atomic E-state index is 12.5. The van der Waals surface area contributed by atoms with E-state index in [0.717, 1.165) is 34.8 Å². The number of benzene rings is 1. The number of hydrogen-bond donors (Lipinski definition) is 2. The maximum Gasteiger partial charge on any atom is 0.262 e. The van der Waals surface area contributed by atoms with Crippen molar-refractivity contribution in [2.45, 2.75) is 32.7 Å². The van der Waals surface area contributed by atoms with E-state index < -0.39 is 11.9 Å². The van der Waals surface area contributed by atoms with Crippen LogP contribution in [0.3, 0.4) is 0 Å². The highest BCUT2D eigenvalue weighted by atomic mass is 16.5. The summed E-state index contributed by atoms with van der Waals surface area (Å²) >= 11 is 0. The van der Waals surface area contributed by atoms with E-state index in [1.807, 2.05) is 54.8 Å². The average Bonchev–Trinajstić information content (AvgIpc) is 3.00. The topological polar surface area (TPSA) is 96.2 Å². The smallest absolute Gasteiger partial charge is 0.262 e. The van der Waals surface area contributed by atoms with Crippen LogP contribution in [0.5, 0.6) is 5.75 Å². The molecule has 150 valence electrons. The van der Waals surface area contributed by atoms with Crippen LogP contribution in [0.1, 0.15) is 29.8 Å². The lowest BCUT2D eigenvalue weighted by Crippen LogP contribution is -2.50. The van der Waals surface area contributed by atoms with Crippen molar-refractivity contribution in [2.24, 2.45) is 0 Å². The molecule has 1 atom stereocenters. The van der Waals surface area contributed by atoms with E-state index in [2.05, 4.69) is 10.6 Å². The number of piperidine rings is 1. The van der Waals surface area contributed by atoms with E-state index in [-0.39, 0.29) is 11.5 Å². The third kappa shape index (κ3) is 4.32. The quantitative estimate of drug-likeness (QED) is 0.603. The van der Waals surface area contributed by atoms with Gasteiger partial charge in [0.2, 0.25) is 5.91 Å². The molecule has 0 radical (unpaired) electrons. The fraction of sp³-hybridized carbons (Fsp3) is 0.318. The lowest BCUT2D eigenvalue weighted by atomic mass is 10.1. The van der Waals surface area contributed by atoms with Crippen molar-refractivity contribution in [2.75, 3.05) is 13.7 Å². The van der Waals surface area contributed by atoms with Crippen molar-refractivity contribution in [3.63, 3.8) is 0 Å². The normalized spacial score (nSPS) is 16.7. The van der Waals surface area contributed by atoms with Crippen LogP contribution in [0.2, 0.25) is 0 Å². The number of methoxy groups -OCH3 is 1. The van der Waals surface area contributed by atoms with E-state index in [4.69, 9.17) is 4.74 Å². The van der Waals surface area contributed by atoms with Gasteiger partial charge in [-0.2, -0.15) is 5.26 Å². The summed E-state index contributed by atoms with van der Waals surface area (Å²) in [6, 6.07) is 11.0. The van der Waals surface area contributed by atoms with Crippen molar-refractivity contribution in [1.29, 1.82) is 5.26 Å². The van der Waals surface area contributed by atoms with Gasteiger partial charge in [0.15, 0.2) is 0 Å². The largest absolute Gasteiger partial charge is 0.497 e. The number of nitriles is 1. The van der Waals surface area contributed by atoms with Crippen LogP contribution in [-0.4, -0.2) is 36.1 Å². The Morgan fingerprint density at radius 2 is 2.07 bits per heavy atom. The fourth-order valence-corrected chi connectivity index (χ4v) is 3.51. The average molecular weight is 392 g/mol. The summed E-state index contributed by atoms with van der Waals surface area (Å²) in [6.45, 7) is 4.51. The Kier molecular flexibility index (Phi) is 6.03. The van der Waals surface area contributed by atoms with Gasteiger partial charge < -0.3 is 19.9 Å². The molecule has 2 heterocycles. The van der Waals surface area contributed by atoms with E-state index in [9.17, 15) is 14.9 Å². The second kappa shape index (κ2) is 8.65. The van der Waals surface area contributed by atoms with Crippen LogP contribution in [0.15, 0.2) is 35.9 Å². The molecule has 7 nitrogen and oxygen atoms in total. The maximum absolute atomic E-state index is 12.5. The molecule has 1 aromatic carbocycles. The minimum Gasteiger partial charge on any atom is -0.497 e. The van der Waals surface area contributed by atoms with Crippen LogP contribution in [0, 0.1) is 25.2 Å². The van der Waals surface area contributed by atoms with Crippen LogP contribution < -0.4 is 15.4 Å². The number of hydrogen-bond acceptors (Lipinski definition) is 4. The summed E-state index contributed by atoms with van der Waals surface area (Å²) in [4.78, 5) is 24.4. The zero-order chi connectivity index (χ0) is 21.0. The predicted octanol–water partition coefficient (Wildman–Crippen LogP) is 2.40. The van der Waals surface area contributed by atoms with Gasteiger partial charge in [-0.25, -0.2) is 0 Å². The Hall–Kier alpha value is -3.53. The van der Waals surface area contributed by atoms with Gasteiger partial charge in [0.1, 0.15) is 23.4 Å². The highest BCUT2D eigenvalue weighted by Crippen LogP contribution is 2.24. The summed E-state index contributed by atoms with van der Waals surface area (Å²) in [5.41, 5.74) is 3.59. The van der Waals surface area contributed by atoms with Crippen LogP contribution in [0.4, 0.5) is 0 Å². The molecule has 1 aliphatic heterocycles. The fourth-order valence-electron chi connectivity index (χ4n) is 3.51. The number of aromatic nitrogens is 1. The number of ether oxygens (including phenoxy) is 1. The third-order valence-electron chi connectivity index (χ3n) is 5.06. The Morgan fingerprint density at radius 3 is 2.69 bits per heavy atom. The van der Waals surface area contributed by atoms with Gasteiger partial charge in [-0.1, -0.05) is 0 Å². The van der Waals surface area contributed by atoms with E-state index in [1.54, 1.807) is 13.2 Å². The summed E-state index contributed by atoms with van der Waals surface area (Å²) in [5, 5.41) is 14.9. The van der Waals surface area contributed by atoms with Gasteiger partial charge in [0, 0.05) is 23.6 Å². The molecule has 0 aliphatic carbocycles. The zero-order valence-corrected chi connectivity index (χ0v) is 16.8. The standard InChI is InChI=1S/C22H24N4O3/c1-14-11-16(15(2)26(14)18-6-8-19(29-3)9-7-18)12-17(13-23)21(27)25-20-5-4-10-24-22(20)28/h6-9,11-12,20H,4-5,10H2,1-3H3,(H,24,28)(H,25,27)/b17-12-. The first-order valence-corrected chi connectivity index (χ1v) is 9.48. The Morgan fingerprint density at radius 1 is 1.34 bits per heavy atom. The summed E-state index contributed by atoms with van der Waals surface area (Å²) in [7, 11) is 1.62. The van der Waals surface area contributed by atoms with Crippen molar-refractivity contribution in [3.8, 4) is 17.5 Å². The van der Waals surface area contributed by atoms with E-state index in [1.165, 1.54) is 0 Å². The van der Waals surface area contributed by atoms with Gasteiger partial charge in [-0.3, -0.25) is 9.59 Å². The number of amides is 2. The minimum absolute atomic E-state index is 0.0293. The number of nitrogens with zero attached hydrogens (tertiary/aromatic N) is 2. The lowest BCUT2D eigenvalue weighted by molar-refractivity contribution is -0.128. The van der Waals surface area contributed by atoms with Crippen molar-refractivity contribution >= 4 is 17.9 Å². The Balaban J connectivity index is 1.87.